The first-order chi connectivity index (χ1) is 7.20. The maximum Gasteiger partial charge on any atom is 0.190 e. The Balaban J connectivity index is 2.17. The van der Waals surface area contributed by atoms with Crippen molar-refractivity contribution in [3.63, 3.8) is 0 Å². The van der Waals surface area contributed by atoms with Gasteiger partial charge in [-0.05, 0) is 30.9 Å². The molecule has 0 unspecified atom stereocenters. The molecule has 0 bridgehead atoms. The highest BCUT2D eigenvalue weighted by Crippen LogP contribution is 2.31. The summed E-state index contributed by atoms with van der Waals surface area (Å²) in [4.78, 5) is 10.3. The highest BCUT2D eigenvalue weighted by atomic mass is 19.1. The highest BCUT2D eigenvalue weighted by molar-refractivity contribution is 5.75. The summed E-state index contributed by atoms with van der Waals surface area (Å²) in [6, 6.07) is 1.94. The number of hydrogen-bond acceptors (Lipinski definition) is 2. The Bertz CT molecular complexity index is 363. The summed E-state index contributed by atoms with van der Waals surface area (Å²) in [7, 11) is 0. The number of carbonyl (C=O) groups excluding carboxylic acids is 1. The standard InChI is InChI=1S/C11H10F2O2/c12-9-3-8(5-14)4-10(13)11(9)15-6-7-1-2-7/h3-5,7H,1-2,6H2. The molecule has 4 heteroatoms. The molecule has 1 aliphatic carbocycles. The van der Waals surface area contributed by atoms with E-state index in [2.05, 4.69) is 0 Å². The first kappa shape index (κ1) is 10.1. The number of benzene rings is 1. The van der Waals surface area contributed by atoms with Crippen molar-refractivity contribution in [2.45, 2.75) is 12.8 Å². The lowest BCUT2D eigenvalue weighted by Gasteiger charge is -2.07. The van der Waals surface area contributed by atoms with Crippen LogP contribution >= 0.6 is 0 Å². The lowest BCUT2D eigenvalue weighted by atomic mass is 10.2. The van der Waals surface area contributed by atoms with Crippen LogP contribution in [0.15, 0.2) is 12.1 Å². The van der Waals surface area contributed by atoms with E-state index >= 15 is 0 Å². The van der Waals surface area contributed by atoms with Crippen LogP contribution in [0.25, 0.3) is 0 Å². The molecule has 0 atom stereocenters. The normalized spacial score (nSPS) is 15.1. The van der Waals surface area contributed by atoms with E-state index in [9.17, 15) is 13.6 Å². The molecule has 0 amide bonds. The van der Waals surface area contributed by atoms with Crippen LogP contribution in [0.4, 0.5) is 8.78 Å². The van der Waals surface area contributed by atoms with E-state index in [4.69, 9.17) is 4.74 Å². The van der Waals surface area contributed by atoms with Gasteiger partial charge in [-0.3, -0.25) is 4.79 Å². The van der Waals surface area contributed by atoms with Crippen molar-refractivity contribution >= 4 is 6.29 Å². The third kappa shape index (κ3) is 2.32. The Morgan fingerprint density at radius 1 is 1.33 bits per heavy atom. The third-order valence-electron chi connectivity index (χ3n) is 2.32. The van der Waals surface area contributed by atoms with Gasteiger partial charge in [-0.1, -0.05) is 0 Å². The van der Waals surface area contributed by atoms with Crippen molar-refractivity contribution in [3.05, 3.63) is 29.3 Å². The molecule has 1 fully saturated rings. The zero-order valence-electron chi connectivity index (χ0n) is 8.00. The molecular formula is C11H10F2O2. The van der Waals surface area contributed by atoms with Gasteiger partial charge in [0.2, 0.25) is 0 Å². The van der Waals surface area contributed by atoms with Crippen molar-refractivity contribution in [1.82, 2.24) is 0 Å². The summed E-state index contributed by atoms with van der Waals surface area (Å²) in [6.07, 6.45) is 2.50. The number of ether oxygens (including phenoxy) is 1. The molecule has 1 aromatic rings. The highest BCUT2D eigenvalue weighted by Gasteiger charge is 2.23. The molecule has 0 aliphatic heterocycles. The Labute approximate surface area is 85.9 Å². The average Bonchev–Trinajstić information content (AvgIpc) is 3.00. The Morgan fingerprint density at radius 2 is 1.93 bits per heavy atom. The molecule has 0 N–H and O–H groups in total. The first-order valence-electron chi connectivity index (χ1n) is 4.77. The van der Waals surface area contributed by atoms with E-state index < -0.39 is 11.6 Å². The van der Waals surface area contributed by atoms with Crippen molar-refractivity contribution in [3.8, 4) is 5.75 Å². The maximum atomic E-state index is 13.2. The van der Waals surface area contributed by atoms with Crippen LogP contribution < -0.4 is 4.74 Å². The summed E-state index contributed by atoms with van der Waals surface area (Å²) >= 11 is 0. The molecule has 1 saturated carbocycles. The predicted octanol–water partition coefficient (Wildman–Crippen LogP) is 2.57. The van der Waals surface area contributed by atoms with Gasteiger partial charge in [0.15, 0.2) is 17.4 Å². The molecule has 1 aromatic carbocycles. The molecule has 0 heterocycles. The molecule has 80 valence electrons. The average molecular weight is 212 g/mol. The van der Waals surface area contributed by atoms with Crippen molar-refractivity contribution in [1.29, 1.82) is 0 Å². The van der Waals surface area contributed by atoms with Crippen molar-refractivity contribution < 1.29 is 18.3 Å². The minimum Gasteiger partial charge on any atom is -0.487 e. The van der Waals surface area contributed by atoms with E-state index in [1.807, 2.05) is 0 Å². The molecule has 0 aromatic heterocycles. The van der Waals surface area contributed by atoms with Crippen LogP contribution in [0, 0.1) is 17.6 Å². The van der Waals surface area contributed by atoms with Gasteiger partial charge in [0.05, 0.1) is 6.61 Å². The van der Waals surface area contributed by atoms with Gasteiger partial charge in [0.1, 0.15) is 6.29 Å². The second-order valence-corrected chi connectivity index (χ2v) is 3.69. The van der Waals surface area contributed by atoms with Crippen LogP contribution in [-0.2, 0) is 0 Å². The summed E-state index contributed by atoms with van der Waals surface area (Å²) < 4.78 is 31.5. The number of halogens is 2. The minimum absolute atomic E-state index is 0.0243. The summed E-state index contributed by atoms with van der Waals surface area (Å²) in [6.45, 7) is 0.342. The number of hydrogen-bond donors (Lipinski definition) is 0. The monoisotopic (exact) mass is 212 g/mol. The van der Waals surface area contributed by atoms with Crippen LogP contribution in [-0.4, -0.2) is 12.9 Å². The van der Waals surface area contributed by atoms with Gasteiger partial charge in [0, 0.05) is 5.56 Å². The summed E-state index contributed by atoms with van der Waals surface area (Å²) in [5, 5.41) is 0. The van der Waals surface area contributed by atoms with Gasteiger partial charge in [-0.2, -0.15) is 0 Å². The van der Waals surface area contributed by atoms with Gasteiger partial charge < -0.3 is 4.74 Å². The molecular weight excluding hydrogens is 202 g/mol. The van der Waals surface area contributed by atoms with E-state index in [-0.39, 0.29) is 11.3 Å². The molecule has 0 saturated heterocycles. The second-order valence-electron chi connectivity index (χ2n) is 3.69. The minimum atomic E-state index is -0.822. The van der Waals surface area contributed by atoms with Crippen LogP contribution in [0.2, 0.25) is 0 Å². The SMILES string of the molecule is O=Cc1cc(F)c(OCC2CC2)c(F)c1. The largest absolute Gasteiger partial charge is 0.487 e. The zero-order valence-corrected chi connectivity index (χ0v) is 8.00. The number of carbonyl (C=O) groups is 1. The molecule has 15 heavy (non-hydrogen) atoms. The van der Waals surface area contributed by atoms with E-state index in [0.717, 1.165) is 25.0 Å². The molecule has 0 spiro atoms. The second kappa shape index (κ2) is 3.96. The predicted molar refractivity (Wildman–Crippen MR) is 50.0 cm³/mol. The van der Waals surface area contributed by atoms with E-state index in [1.54, 1.807) is 0 Å². The Kier molecular flexibility index (Phi) is 2.66. The number of aldehydes is 1. The molecule has 0 radical (unpaired) electrons. The number of rotatable bonds is 4. The third-order valence-corrected chi connectivity index (χ3v) is 2.32. The van der Waals surface area contributed by atoms with Gasteiger partial charge in [-0.15, -0.1) is 0 Å². The van der Waals surface area contributed by atoms with Gasteiger partial charge in [0.25, 0.3) is 0 Å². The van der Waals surface area contributed by atoms with E-state index in [0.29, 0.717) is 18.8 Å². The quantitative estimate of drug-likeness (QED) is 0.717. The fraction of sp³-hybridized carbons (Fsp3) is 0.364. The molecule has 2 rings (SSSR count). The fourth-order valence-electron chi connectivity index (χ4n) is 1.27. The van der Waals surface area contributed by atoms with Crippen molar-refractivity contribution in [2.24, 2.45) is 5.92 Å². The lowest BCUT2D eigenvalue weighted by molar-refractivity contribution is 0.112. The molecule has 1 aliphatic rings. The topological polar surface area (TPSA) is 26.3 Å². The fourth-order valence-corrected chi connectivity index (χ4v) is 1.27. The van der Waals surface area contributed by atoms with E-state index in [1.165, 1.54) is 0 Å². The smallest absolute Gasteiger partial charge is 0.190 e. The van der Waals surface area contributed by atoms with Crippen LogP contribution in [0.5, 0.6) is 5.75 Å². The lowest BCUT2D eigenvalue weighted by Crippen LogP contribution is -2.03. The zero-order chi connectivity index (χ0) is 10.8. The van der Waals surface area contributed by atoms with Crippen molar-refractivity contribution in [2.75, 3.05) is 6.61 Å². The maximum absolute atomic E-state index is 13.2. The van der Waals surface area contributed by atoms with Crippen LogP contribution in [0.3, 0.4) is 0 Å². The summed E-state index contributed by atoms with van der Waals surface area (Å²) in [5.41, 5.74) is -0.0243. The van der Waals surface area contributed by atoms with Gasteiger partial charge >= 0.3 is 0 Å². The Morgan fingerprint density at radius 3 is 2.40 bits per heavy atom. The summed E-state index contributed by atoms with van der Waals surface area (Å²) in [5.74, 6) is -1.60. The van der Waals surface area contributed by atoms with Crippen LogP contribution in [0.1, 0.15) is 23.2 Å². The van der Waals surface area contributed by atoms with Gasteiger partial charge in [-0.25, -0.2) is 8.78 Å². The first-order valence-corrected chi connectivity index (χ1v) is 4.77. The Hall–Kier alpha value is -1.45. The molecule has 2 nitrogen and oxygen atoms in total.